The van der Waals surface area contributed by atoms with Gasteiger partial charge in [0, 0.05) is 12.6 Å². The molecule has 0 heterocycles. The molecule has 1 atom stereocenters. The normalized spacial score (nSPS) is 13.6. The summed E-state index contributed by atoms with van der Waals surface area (Å²) in [6, 6.07) is 6.84. The largest absolute Gasteiger partial charge is 0.328 e. The smallest absolute Gasteiger partial charge is 0.240 e. The third kappa shape index (κ3) is 4.46. The number of benzene rings is 1. The number of nitrogens with two attached hydrogens (primary N) is 1. The minimum absolute atomic E-state index is 0.0516. The number of hydrogen-bond acceptors (Lipinski definition) is 3. The predicted octanol–water partition coefficient (Wildman–Crippen LogP) is 1.40. The average molecular weight is 256 g/mol. The molecule has 0 bridgehead atoms. The van der Waals surface area contributed by atoms with Crippen molar-refractivity contribution in [3.63, 3.8) is 0 Å². The van der Waals surface area contributed by atoms with E-state index in [0.29, 0.717) is 17.9 Å². The van der Waals surface area contributed by atoms with Crippen LogP contribution in [0.3, 0.4) is 0 Å². The van der Waals surface area contributed by atoms with Crippen LogP contribution in [0, 0.1) is 6.92 Å². The summed E-state index contributed by atoms with van der Waals surface area (Å²) in [6.07, 6.45) is 1.51. The van der Waals surface area contributed by atoms with Gasteiger partial charge in [0.25, 0.3) is 0 Å². The summed E-state index contributed by atoms with van der Waals surface area (Å²) in [7, 11) is -3.39. The van der Waals surface area contributed by atoms with Gasteiger partial charge in [0.15, 0.2) is 0 Å². The Morgan fingerprint density at radius 3 is 2.41 bits per heavy atom. The lowest BCUT2D eigenvalue weighted by molar-refractivity contribution is 0.558. The lowest BCUT2D eigenvalue weighted by Gasteiger charge is -2.10. The second kappa shape index (κ2) is 6.14. The lowest BCUT2D eigenvalue weighted by atomic mass is 10.2. The topological polar surface area (TPSA) is 72.2 Å². The van der Waals surface area contributed by atoms with Gasteiger partial charge >= 0.3 is 0 Å². The average Bonchev–Trinajstić information content (AvgIpc) is 2.29. The summed E-state index contributed by atoms with van der Waals surface area (Å²) in [5, 5.41) is 0. The molecule has 0 saturated carbocycles. The van der Waals surface area contributed by atoms with E-state index in [-0.39, 0.29) is 6.04 Å². The van der Waals surface area contributed by atoms with E-state index < -0.39 is 10.0 Å². The molecule has 1 rings (SSSR count). The Kier molecular flexibility index (Phi) is 5.11. The van der Waals surface area contributed by atoms with Crippen molar-refractivity contribution in [2.45, 2.75) is 37.6 Å². The highest BCUT2D eigenvalue weighted by Crippen LogP contribution is 2.09. The van der Waals surface area contributed by atoms with Crippen molar-refractivity contribution in [2.75, 3.05) is 6.54 Å². The van der Waals surface area contributed by atoms with Gasteiger partial charge in [-0.3, -0.25) is 0 Å². The Morgan fingerprint density at radius 2 is 1.88 bits per heavy atom. The van der Waals surface area contributed by atoms with Gasteiger partial charge in [-0.2, -0.15) is 0 Å². The second-order valence-electron chi connectivity index (χ2n) is 4.17. The Balaban J connectivity index is 2.60. The first kappa shape index (κ1) is 14.2. The zero-order chi connectivity index (χ0) is 12.9. The van der Waals surface area contributed by atoms with E-state index in [4.69, 9.17) is 5.73 Å². The molecule has 17 heavy (non-hydrogen) atoms. The molecule has 0 radical (unpaired) electrons. The zero-order valence-electron chi connectivity index (χ0n) is 10.3. The summed E-state index contributed by atoms with van der Waals surface area (Å²) >= 11 is 0. The summed E-state index contributed by atoms with van der Waals surface area (Å²) < 4.78 is 26.3. The van der Waals surface area contributed by atoms with E-state index in [1.54, 1.807) is 24.3 Å². The molecule has 1 aromatic carbocycles. The first-order valence-electron chi connectivity index (χ1n) is 5.77. The fourth-order valence-corrected chi connectivity index (χ4v) is 2.43. The van der Waals surface area contributed by atoms with Gasteiger partial charge in [-0.25, -0.2) is 13.1 Å². The monoisotopic (exact) mass is 256 g/mol. The molecule has 0 aliphatic heterocycles. The third-order valence-electron chi connectivity index (χ3n) is 2.66. The molecule has 1 unspecified atom stereocenters. The van der Waals surface area contributed by atoms with Crippen LogP contribution in [-0.2, 0) is 10.0 Å². The van der Waals surface area contributed by atoms with Crippen molar-refractivity contribution in [1.29, 1.82) is 0 Å². The van der Waals surface area contributed by atoms with Gasteiger partial charge in [0.1, 0.15) is 0 Å². The van der Waals surface area contributed by atoms with Crippen molar-refractivity contribution in [1.82, 2.24) is 4.72 Å². The van der Waals surface area contributed by atoms with E-state index >= 15 is 0 Å². The van der Waals surface area contributed by atoms with Crippen molar-refractivity contribution in [2.24, 2.45) is 5.73 Å². The molecule has 1 aromatic rings. The first-order valence-corrected chi connectivity index (χ1v) is 7.26. The van der Waals surface area contributed by atoms with Gasteiger partial charge in [-0.15, -0.1) is 0 Å². The quantitative estimate of drug-likeness (QED) is 0.808. The summed E-state index contributed by atoms with van der Waals surface area (Å²) in [6.45, 7) is 4.29. The SMILES string of the molecule is CCC(N)CCNS(=O)(=O)c1ccc(C)cc1. The summed E-state index contributed by atoms with van der Waals surface area (Å²) in [5.41, 5.74) is 6.76. The maximum Gasteiger partial charge on any atom is 0.240 e. The number of sulfonamides is 1. The highest BCUT2D eigenvalue weighted by Gasteiger charge is 2.13. The molecule has 0 saturated heterocycles. The zero-order valence-corrected chi connectivity index (χ0v) is 11.1. The number of aryl methyl sites for hydroxylation is 1. The predicted molar refractivity (Wildman–Crippen MR) is 69.3 cm³/mol. The fraction of sp³-hybridized carbons (Fsp3) is 0.500. The van der Waals surface area contributed by atoms with Crippen molar-refractivity contribution in [3.8, 4) is 0 Å². The molecular weight excluding hydrogens is 236 g/mol. The van der Waals surface area contributed by atoms with Crippen LogP contribution in [0.1, 0.15) is 25.3 Å². The Labute approximate surface area is 103 Å². The van der Waals surface area contributed by atoms with Crippen molar-refractivity contribution >= 4 is 10.0 Å². The molecule has 4 nitrogen and oxygen atoms in total. The van der Waals surface area contributed by atoms with E-state index in [1.165, 1.54) is 0 Å². The molecule has 96 valence electrons. The van der Waals surface area contributed by atoms with Crippen LogP contribution in [0.5, 0.6) is 0 Å². The maximum absolute atomic E-state index is 11.9. The summed E-state index contributed by atoms with van der Waals surface area (Å²) in [5.74, 6) is 0. The lowest BCUT2D eigenvalue weighted by Crippen LogP contribution is -2.30. The molecular formula is C12H20N2O2S. The molecule has 0 aromatic heterocycles. The van der Waals surface area contributed by atoms with Gasteiger partial charge < -0.3 is 5.73 Å². The Morgan fingerprint density at radius 1 is 1.29 bits per heavy atom. The molecule has 5 heteroatoms. The van der Waals surface area contributed by atoms with Gasteiger partial charge in [0.2, 0.25) is 10.0 Å². The van der Waals surface area contributed by atoms with Crippen LogP contribution in [0.2, 0.25) is 0 Å². The van der Waals surface area contributed by atoms with Crippen LogP contribution in [0.4, 0.5) is 0 Å². The number of hydrogen-bond donors (Lipinski definition) is 2. The fourth-order valence-electron chi connectivity index (χ4n) is 1.38. The standard InChI is InChI=1S/C12H20N2O2S/c1-3-11(13)8-9-14-17(15,16)12-6-4-10(2)5-7-12/h4-7,11,14H,3,8-9,13H2,1-2H3. The second-order valence-corrected chi connectivity index (χ2v) is 5.93. The van der Waals surface area contributed by atoms with Crippen LogP contribution in [0.15, 0.2) is 29.2 Å². The number of rotatable bonds is 6. The summed E-state index contributed by atoms with van der Waals surface area (Å²) in [4.78, 5) is 0.299. The molecule has 0 spiro atoms. The molecule has 0 fully saturated rings. The van der Waals surface area contributed by atoms with Crippen LogP contribution < -0.4 is 10.5 Å². The Hall–Kier alpha value is -0.910. The van der Waals surface area contributed by atoms with E-state index in [1.807, 2.05) is 13.8 Å². The molecule has 0 aliphatic rings. The number of nitrogens with one attached hydrogen (secondary N) is 1. The highest BCUT2D eigenvalue weighted by molar-refractivity contribution is 7.89. The van der Waals surface area contributed by atoms with Crippen molar-refractivity contribution < 1.29 is 8.42 Å². The Bertz CT molecular complexity index is 440. The van der Waals surface area contributed by atoms with Crippen LogP contribution >= 0.6 is 0 Å². The minimum atomic E-state index is -3.39. The first-order chi connectivity index (χ1) is 7.95. The third-order valence-corrected chi connectivity index (χ3v) is 4.14. The van der Waals surface area contributed by atoms with Crippen LogP contribution in [0.25, 0.3) is 0 Å². The van der Waals surface area contributed by atoms with E-state index in [0.717, 1.165) is 12.0 Å². The highest BCUT2D eigenvalue weighted by atomic mass is 32.2. The molecule has 0 amide bonds. The van der Waals surface area contributed by atoms with Crippen LogP contribution in [-0.4, -0.2) is 21.0 Å². The minimum Gasteiger partial charge on any atom is -0.328 e. The molecule has 3 N–H and O–H groups in total. The van der Waals surface area contributed by atoms with Gasteiger partial charge in [-0.05, 0) is 31.9 Å². The van der Waals surface area contributed by atoms with E-state index in [2.05, 4.69) is 4.72 Å². The van der Waals surface area contributed by atoms with E-state index in [9.17, 15) is 8.42 Å². The maximum atomic E-state index is 11.9. The van der Waals surface area contributed by atoms with Gasteiger partial charge in [-0.1, -0.05) is 24.6 Å². The van der Waals surface area contributed by atoms with Gasteiger partial charge in [0.05, 0.1) is 4.90 Å². The van der Waals surface area contributed by atoms with Crippen molar-refractivity contribution in [3.05, 3.63) is 29.8 Å². The molecule has 0 aliphatic carbocycles.